The van der Waals surface area contributed by atoms with Crippen molar-refractivity contribution in [1.82, 2.24) is 5.32 Å². The van der Waals surface area contributed by atoms with Crippen LogP contribution in [0.15, 0.2) is 52.3 Å². The molecule has 1 heterocycles. The minimum absolute atomic E-state index is 0.0236. The highest BCUT2D eigenvalue weighted by atomic mass is 32.2. The maximum atomic E-state index is 13.3. The standard InChI is InChI=1S/C17H15F4NO2S2/c18-12-2-1-3-13(8-12)26(23)14-4-5-15(11-6-7-22-10-11)16(9-14)24-25-17(19,20)21/h1-5,8-9,11,22H,6-7,10H2/t11-,26?/m1/s1. The lowest BCUT2D eigenvalue weighted by molar-refractivity contribution is -0.0369. The molecule has 1 N–H and O–H groups in total. The van der Waals surface area contributed by atoms with Crippen molar-refractivity contribution >= 4 is 22.8 Å². The Morgan fingerprint density at radius 2 is 1.92 bits per heavy atom. The Bertz CT molecular complexity index is 808. The summed E-state index contributed by atoms with van der Waals surface area (Å²) in [6.45, 7) is 1.41. The van der Waals surface area contributed by atoms with E-state index in [0.29, 0.717) is 12.1 Å². The first kappa shape index (κ1) is 19.2. The third-order valence-corrected chi connectivity index (χ3v) is 5.75. The number of benzene rings is 2. The van der Waals surface area contributed by atoms with E-state index in [4.69, 9.17) is 4.18 Å². The van der Waals surface area contributed by atoms with Crippen molar-refractivity contribution in [2.45, 2.75) is 27.6 Å². The van der Waals surface area contributed by atoms with Crippen LogP contribution in [0.3, 0.4) is 0 Å². The van der Waals surface area contributed by atoms with Gasteiger partial charge >= 0.3 is 5.51 Å². The average molecular weight is 405 g/mol. The summed E-state index contributed by atoms with van der Waals surface area (Å²) in [6.07, 6.45) is 0.777. The third kappa shape index (κ3) is 4.77. The Morgan fingerprint density at radius 1 is 1.15 bits per heavy atom. The molecule has 0 aromatic heterocycles. The summed E-state index contributed by atoms with van der Waals surface area (Å²) in [4.78, 5) is 0.484. The van der Waals surface area contributed by atoms with Crippen LogP contribution in [0.4, 0.5) is 17.6 Å². The molecule has 3 nitrogen and oxygen atoms in total. The Morgan fingerprint density at radius 3 is 2.58 bits per heavy atom. The summed E-state index contributed by atoms with van der Waals surface area (Å²) in [5, 5.41) is 3.15. The molecule has 2 aromatic rings. The first-order chi connectivity index (χ1) is 12.3. The Balaban J connectivity index is 1.92. The Hall–Kier alpha value is -1.58. The van der Waals surface area contributed by atoms with Gasteiger partial charge in [0, 0.05) is 27.8 Å². The van der Waals surface area contributed by atoms with Gasteiger partial charge in [0.15, 0.2) is 12.0 Å². The Labute approximate surface area is 154 Å². The second-order valence-corrected chi connectivity index (χ2v) is 8.00. The lowest BCUT2D eigenvalue weighted by Crippen LogP contribution is -2.10. The number of alkyl halides is 3. The van der Waals surface area contributed by atoms with Crippen LogP contribution in [-0.4, -0.2) is 22.8 Å². The summed E-state index contributed by atoms with van der Waals surface area (Å²) in [6, 6.07) is 9.85. The van der Waals surface area contributed by atoms with E-state index in [1.54, 1.807) is 12.1 Å². The van der Waals surface area contributed by atoms with Gasteiger partial charge in [-0.3, -0.25) is 0 Å². The molecule has 26 heavy (non-hydrogen) atoms. The van der Waals surface area contributed by atoms with Crippen molar-refractivity contribution in [3.05, 3.63) is 53.8 Å². The normalized spacial score (nSPS) is 18.7. The first-order valence-corrected chi connectivity index (χ1v) is 9.67. The van der Waals surface area contributed by atoms with Gasteiger partial charge in [0.1, 0.15) is 11.6 Å². The van der Waals surface area contributed by atoms with Crippen LogP contribution < -0.4 is 9.50 Å². The molecular weight excluding hydrogens is 390 g/mol. The fourth-order valence-electron chi connectivity index (χ4n) is 2.77. The van der Waals surface area contributed by atoms with Gasteiger partial charge in [0.25, 0.3) is 0 Å². The molecule has 0 bridgehead atoms. The maximum Gasteiger partial charge on any atom is 0.479 e. The number of hydrogen-bond donors (Lipinski definition) is 1. The van der Waals surface area contributed by atoms with Crippen LogP contribution in [0.2, 0.25) is 0 Å². The smallest absolute Gasteiger partial charge is 0.417 e. The molecule has 0 amide bonds. The van der Waals surface area contributed by atoms with E-state index in [0.717, 1.165) is 19.0 Å². The molecule has 0 radical (unpaired) electrons. The molecule has 0 aliphatic carbocycles. The van der Waals surface area contributed by atoms with Gasteiger partial charge in [-0.05, 0) is 43.3 Å². The third-order valence-electron chi connectivity index (χ3n) is 3.94. The molecule has 140 valence electrons. The molecule has 1 unspecified atom stereocenters. The van der Waals surface area contributed by atoms with Crippen molar-refractivity contribution in [2.75, 3.05) is 13.1 Å². The molecule has 0 saturated carbocycles. The van der Waals surface area contributed by atoms with Crippen molar-refractivity contribution in [2.24, 2.45) is 0 Å². The second kappa shape index (κ2) is 7.98. The predicted molar refractivity (Wildman–Crippen MR) is 92.0 cm³/mol. The minimum Gasteiger partial charge on any atom is -0.417 e. The molecule has 1 aliphatic rings. The number of hydrogen-bond acceptors (Lipinski definition) is 4. The molecular formula is C17H15F4NO2S2. The van der Waals surface area contributed by atoms with E-state index < -0.39 is 34.2 Å². The highest BCUT2D eigenvalue weighted by Gasteiger charge is 2.32. The highest BCUT2D eigenvalue weighted by Crippen LogP contribution is 2.39. The lowest BCUT2D eigenvalue weighted by atomic mass is 9.98. The Kier molecular flexibility index (Phi) is 5.89. The summed E-state index contributed by atoms with van der Waals surface area (Å²) in [5.74, 6) is -0.479. The van der Waals surface area contributed by atoms with E-state index in [-0.39, 0.29) is 21.5 Å². The van der Waals surface area contributed by atoms with Gasteiger partial charge in [-0.25, -0.2) is 8.60 Å². The van der Waals surface area contributed by atoms with Crippen LogP contribution >= 0.6 is 12.0 Å². The van der Waals surface area contributed by atoms with E-state index in [1.165, 1.54) is 24.3 Å². The van der Waals surface area contributed by atoms with Crippen molar-refractivity contribution in [1.29, 1.82) is 0 Å². The lowest BCUT2D eigenvalue weighted by Gasteiger charge is -2.16. The van der Waals surface area contributed by atoms with E-state index >= 15 is 0 Å². The van der Waals surface area contributed by atoms with Crippen LogP contribution in [0.25, 0.3) is 0 Å². The zero-order chi connectivity index (χ0) is 18.7. The van der Waals surface area contributed by atoms with Gasteiger partial charge in [0.05, 0.1) is 10.8 Å². The zero-order valence-corrected chi connectivity index (χ0v) is 15.0. The molecule has 2 aromatic carbocycles. The quantitative estimate of drug-likeness (QED) is 0.582. The SMILES string of the molecule is O=S(c1cccc(F)c1)c1ccc([C@@H]2CCNC2)c(OSC(F)(F)F)c1. The summed E-state index contributed by atoms with van der Waals surface area (Å²) >= 11 is -0.601. The van der Waals surface area contributed by atoms with Crippen molar-refractivity contribution in [3.8, 4) is 5.75 Å². The number of nitrogens with one attached hydrogen (secondary N) is 1. The van der Waals surface area contributed by atoms with E-state index in [1.807, 2.05) is 0 Å². The van der Waals surface area contributed by atoms with E-state index in [2.05, 4.69) is 5.32 Å². The summed E-state index contributed by atoms with van der Waals surface area (Å²) < 4.78 is 68.5. The van der Waals surface area contributed by atoms with Crippen LogP contribution in [0.5, 0.6) is 5.75 Å². The van der Waals surface area contributed by atoms with Gasteiger partial charge < -0.3 is 9.50 Å². The summed E-state index contributed by atoms with van der Waals surface area (Å²) in [7, 11) is -1.73. The summed E-state index contributed by atoms with van der Waals surface area (Å²) in [5.41, 5.74) is -3.92. The van der Waals surface area contributed by atoms with Crippen molar-refractivity contribution < 1.29 is 26.0 Å². The van der Waals surface area contributed by atoms with Crippen LogP contribution in [0, 0.1) is 5.82 Å². The minimum atomic E-state index is -4.55. The molecule has 0 spiro atoms. The van der Waals surface area contributed by atoms with E-state index in [9.17, 15) is 21.8 Å². The number of halogens is 4. The fourth-order valence-corrected chi connectivity index (χ4v) is 4.20. The molecule has 2 atom stereocenters. The molecule has 1 aliphatic heterocycles. The van der Waals surface area contributed by atoms with Crippen LogP contribution in [-0.2, 0) is 10.8 Å². The highest BCUT2D eigenvalue weighted by molar-refractivity contribution is 7.95. The van der Waals surface area contributed by atoms with Crippen LogP contribution in [0.1, 0.15) is 17.9 Å². The fraction of sp³-hybridized carbons (Fsp3) is 0.294. The average Bonchev–Trinajstić information content (AvgIpc) is 3.13. The molecule has 9 heteroatoms. The van der Waals surface area contributed by atoms with Crippen molar-refractivity contribution in [3.63, 3.8) is 0 Å². The van der Waals surface area contributed by atoms with Gasteiger partial charge in [0.2, 0.25) is 0 Å². The monoisotopic (exact) mass is 405 g/mol. The topological polar surface area (TPSA) is 38.3 Å². The predicted octanol–water partition coefficient (Wildman–Crippen LogP) is 4.62. The molecule has 1 fully saturated rings. The first-order valence-electron chi connectivity index (χ1n) is 7.78. The van der Waals surface area contributed by atoms with Gasteiger partial charge in [-0.2, -0.15) is 13.2 Å². The van der Waals surface area contributed by atoms with Gasteiger partial charge in [-0.15, -0.1) is 0 Å². The number of rotatable bonds is 5. The van der Waals surface area contributed by atoms with Gasteiger partial charge in [-0.1, -0.05) is 12.1 Å². The molecule has 1 saturated heterocycles. The maximum absolute atomic E-state index is 13.3. The largest absolute Gasteiger partial charge is 0.479 e. The zero-order valence-electron chi connectivity index (χ0n) is 13.4. The second-order valence-electron chi connectivity index (χ2n) is 5.73. The molecule has 3 rings (SSSR count).